The van der Waals surface area contributed by atoms with Crippen molar-refractivity contribution < 1.29 is 14.6 Å². The maximum absolute atomic E-state index is 11.3. The van der Waals surface area contributed by atoms with Crippen LogP contribution in [0.1, 0.15) is 19.4 Å². The van der Waals surface area contributed by atoms with Gasteiger partial charge in [0.05, 0.1) is 0 Å². The van der Waals surface area contributed by atoms with Crippen molar-refractivity contribution in [2.75, 3.05) is 0 Å². The highest BCUT2D eigenvalue weighted by atomic mass is 16.5. The molecule has 0 aromatic heterocycles. The van der Waals surface area contributed by atoms with E-state index in [4.69, 9.17) is 4.74 Å². The van der Waals surface area contributed by atoms with E-state index in [9.17, 15) is 9.90 Å². The minimum Gasteiger partial charge on any atom is -0.459 e. The van der Waals surface area contributed by atoms with Crippen LogP contribution in [0.2, 0.25) is 0 Å². The highest BCUT2D eigenvalue weighted by molar-refractivity contribution is 5.74. The van der Waals surface area contributed by atoms with E-state index in [0.717, 1.165) is 5.56 Å². The van der Waals surface area contributed by atoms with Gasteiger partial charge in [-0.3, -0.25) is 0 Å². The maximum Gasteiger partial charge on any atom is 0.335 e. The van der Waals surface area contributed by atoms with Crippen LogP contribution in [0.25, 0.3) is 0 Å². The lowest BCUT2D eigenvalue weighted by Gasteiger charge is -2.13. The van der Waals surface area contributed by atoms with Crippen LogP contribution in [0, 0.1) is 5.92 Å². The molecule has 0 saturated heterocycles. The Morgan fingerprint density at radius 2 is 1.93 bits per heavy atom. The summed E-state index contributed by atoms with van der Waals surface area (Å²) < 4.78 is 4.96. The van der Waals surface area contributed by atoms with Crippen molar-refractivity contribution in [3.63, 3.8) is 0 Å². The average Bonchev–Trinajstić information content (AvgIpc) is 2.26. The molecule has 0 aliphatic carbocycles. The molecule has 0 spiro atoms. The van der Waals surface area contributed by atoms with Crippen LogP contribution < -0.4 is 0 Å². The number of hydrogen-bond donors (Lipinski definition) is 1. The summed E-state index contributed by atoms with van der Waals surface area (Å²) in [5.41, 5.74) is 0.918. The molecular formula is C12H16O3. The average molecular weight is 208 g/mol. The van der Waals surface area contributed by atoms with Crippen LogP contribution in [-0.4, -0.2) is 17.2 Å². The normalized spacial score (nSPS) is 12.5. The summed E-state index contributed by atoms with van der Waals surface area (Å²) in [5, 5.41) is 9.40. The number of carbonyl (C=O) groups excluding carboxylic acids is 1. The Labute approximate surface area is 89.7 Å². The third kappa shape index (κ3) is 3.72. The second-order valence-corrected chi connectivity index (χ2v) is 3.78. The van der Waals surface area contributed by atoms with Gasteiger partial charge in [-0.25, -0.2) is 4.79 Å². The molecule has 1 N–H and O–H groups in total. The topological polar surface area (TPSA) is 46.5 Å². The van der Waals surface area contributed by atoms with Crippen LogP contribution in [-0.2, 0) is 16.1 Å². The number of aliphatic hydroxyl groups is 1. The highest BCUT2D eigenvalue weighted by Gasteiger charge is 2.20. The van der Waals surface area contributed by atoms with Gasteiger partial charge >= 0.3 is 5.97 Å². The van der Waals surface area contributed by atoms with E-state index in [1.807, 2.05) is 30.3 Å². The highest BCUT2D eigenvalue weighted by Crippen LogP contribution is 2.06. The third-order valence-corrected chi connectivity index (χ3v) is 2.10. The standard InChI is InChI=1S/C12H16O3/c1-9(2)11(13)12(14)15-8-10-6-4-3-5-7-10/h3-7,9,11,13H,8H2,1-2H3. The molecule has 0 amide bonds. The first kappa shape index (κ1) is 11.7. The van der Waals surface area contributed by atoms with Gasteiger partial charge in [0.2, 0.25) is 0 Å². The number of hydrogen-bond acceptors (Lipinski definition) is 3. The summed E-state index contributed by atoms with van der Waals surface area (Å²) in [4.78, 5) is 11.3. The van der Waals surface area contributed by atoms with Crippen molar-refractivity contribution >= 4 is 5.97 Å². The Morgan fingerprint density at radius 1 is 1.33 bits per heavy atom. The lowest BCUT2D eigenvalue weighted by molar-refractivity contribution is -0.157. The number of ether oxygens (including phenoxy) is 1. The molecule has 0 fully saturated rings. The molecule has 1 aromatic rings. The number of esters is 1. The number of benzene rings is 1. The van der Waals surface area contributed by atoms with Crippen LogP contribution >= 0.6 is 0 Å². The molecule has 0 aliphatic heterocycles. The largest absolute Gasteiger partial charge is 0.459 e. The molecule has 0 bridgehead atoms. The lowest BCUT2D eigenvalue weighted by atomic mass is 10.1. The molecule has 1 aromatic carbocycles. The predicted molar refractivity (Wildman–Crippen MR) is 57.1 cm³/mol. The molecule has 1 unspecified atom stereocenters. The zero-order valence-corrected chi connectivity index (χ0v) is 9.01. The number of rotatable bonds is 4. The quantitative estimate of drug-likeness (QED) is 0.767. The van der Waals surface area contributed by atoms with Crippen LogP contribution in [0.5, 0.6) is 0 Å². The van der Waals surface area contributed by atoms with Gasteiger partial charge in [-0.05, 0) is 11.5 Å². The Balaban J connectivity index is 2.41. The summed E-state index contributed by atoms with van der Waals surface area (Å²) in [6.45, 7) is 3.76. The van der Waals surface area contributed by atoms with E-state index in [2.05, 4.69) is 0 Å². The molecule has 0 heterocycles. The molecule has 0 radical (unpaired) electrons. The summed E-state index contributed by atoms with van der Waals surface area (Å²) >= 11 is 0. The zero-order chi connectivity index (χ0) is 11.3. The van der Waals surface area contributed by atoms with Gasteiger partial charge < -0.3 is 9.84 Å². The summed E-state index contributed by atoms with van der Waals surface area (Å²) in [7, 11) is 0. The fourth-order valence-electron chi connectivity index (χ4n) is 1.09. The van der Waals surface area contributed by atoms with Crippen LogP contribution in [0.3, 0.4) is 0 Å². The van der Waals surface area contributed by atoms with Gasteiger partial charge in [0.1, 0.15) is 6.61 Å². The fourth-order valence-corrected chi connectivity index (χ4v) is 1.09. The summed E-state index contributed by atoms with van der Waals surface area (Å²) in [6, 6.07) is 9.39. The second-order valence-electron chi connectivity index (χ2n) is 3.78. The predicted octanol–water partition coefficient (Wildman–Crippen LogP) is 1.75. The first-order valence-electron chi connectivity index (χ1n) is 5.00. The maximum atomic E-state index is 11.3. The van der Waals surface area contributed by atoms with Gasteiger partial charge in [0.15, 0.2) is 6.10 Å². The lowest BCUT2D eigenvalue weighted by Crippen LogP contribution is -2.27. The first-order valence-corrected chi connectivity index (χ1v) is 5.00. The first-order chi connectivity index (χ1) is 7.11. The minimum atomic E-state index is -1.03. The van der Waals surface area contributed by atoms with Crippen molar-refractivity contribution in [2.45, 2.75) is 26.6 Å². The van der Waals surface area contributed by atoms with Crippen LogP contribution in [0.4, 0.5) is 0 Å². The molecule has 1 atom stereocenters. The molecule has 3 heteroatoms. The van der Waals surface area contributed by atoms with Crippen LogP contribution in [0.15, 0.2) is 30.3 Å². The zero-order valence-electron chi connectivity index (χ0n) is 9.01. The van der Waals surface area contributed by atoms with Gasteiger partial charge in [0.25, 0.3) is 0 Å². The van der Waals surface area contributed by atoms with Crippen molar-refractivity contribution in [3.8, 4) is 0 Å². The number of carbonyl (C=O) groups is 1. The Hall–Kier alpha value is -1.35. The molecule has 3 nitrogen and oxygen atoms in total. The van der Waals surface area contributed by atoms with E-state index in [0.29, 0.717) is 0 Å². The van der Waals surface area contributed by atoms with E-state index < -0.39 is 12.1 Å². The SMILES string of the molecule is CC(C)C(O)C(=O)OCc1ccccc1. The van der Waals surface area contributed by atoms with Gasteiger partial charge in [0, 0.05) is 0 Å². The van der Waals surface area contributed by atoms with E-state index in [-0.39, 0.29) is 12.5 Å². The molecule has 1 rings (SSSR count). The van der Waals surface area contributed by atoms with E-state index >= 15 is 0 Å². The van der Waals surface area contributed by atoms with Gasteiger partial charge in [-0.15, -0.1) is 0 Å². The second kappa shape index (κ2) is 5.51. The van der Waals surface area contributed by atoms with E-state index in [1.165, 1.54) is 0 Å². The Bertz CT molecular complexity index is 306. The molecular weight excluding hydrogens is 192 g/mol. The molecule has 82 valence electrons. The third-order valence-electron chi connectivity index (χ3n) is 2.10. The summed E-state index contributed by atoms with van der Waals surface area (Å²) in [6.07, 6.45) is -1.03. The van der Waals surface area contributed by atoms with Crippen molar-refractivity contribution in [1.82, 2.24) is 0 Å². The fraction of sp³-hybridized carbons (Fsp3) is 0.417. The molecule has 15 heavy (non-hydrogen) atoms. The van der Waals surface area contributed by atoms with E-state index in [1.54, 1.807) is 13.8 Å². The van der Waals surface area contributed by atoms with Crippen molar-refractivity contribution in [3.05, 3.63) is 35.9 Å². The minimum absolute atomic E-state index is 0.117. The Morgan fingerprint density at radius 3 is 2.47 bits per heavy atom. The summed E-state index contributed by atoms with van der Waals surface area (Å²) in [5.74, 6) is -0.679. The Kier molecular flexibility index (Phi) is 4.31. The number of aliphatic hydroxyl groups excluding tert-OH is 1. The smallest absolute Gasteiger partial charge is 0.335 e. The monoisotopic (exact) mass is 208 g/mol. The molecule has 0 saturated carbocycles. The molecule has 0 aliphatic rings. The van der Waals surface area contributed by atoms with Crippen molar-refractivity contribution in [2.24, 2.45) is 5.92 Å². The van der Waals surface area contributed by atoms with Crippen molar-refractivity contribution in [1.29, 1.82) is 0 Å². The van der Waals surface area contributed by atoms with Gasteiger partial charge in [-0.1, -0.05) is 44.2 Å². The van der Waals surface area contributed by atoms with Gasteiger partial charge in [-0.2, -0.15) is 0 Å².